The smallest absolute Gasteiger partial charge is 0.222 e. The Morgan fingerprint density at radius 2 is 2.06 bits per heavy atom. The van der Waals surface area contributed by atoms with Crippen LogP contribution in [-0.2, 0) is 4.79 Å². The lowest BCUT2D eigenvalue weighted by atomic mass is 9.88. The topological polar surface area (TPSA) is 46.3 Å². The van der Waals surface area contributed by atoms with Gasteiger partial charge in [-0.3, -0.25) is 4.79 Å². The third kappa shape index (κ3) is 7.49. The van der Waals surface area contributed by atoms with E-state index in [1.54, 1.807) is 0 Å². The molecule has 2 N–H and O–H groups in total. The predicted molar refractivity (Wildman–Crippen MR) is 78.3 cm³/mol. The highest BCUT2D eigenvalue weighted by atomic mass is 16.2. The lowest BCUT2D eigenvalue weighted by Gasteiger charge is -2.22. The van der Waals surface area contributed by atoms with Crippen molar-refractivity contribution in [2.75, 3.05) is 20.1 Å². The van der Waals surface area contributed by atoms with Crippen LogP contribution in [0.4, 0.5) is 0 Å². The van der Waals surface area contributed by atoms with Gasteiger partial charge in [0.2, 0.25) is 5.91 Å². The first-order valence-corrected chi connectivity index (χ1v) is 7.07. The molecular weight excluding hydrogens is 224 g/mol. The molecule has 0 aliphatic rings. The van der Waals surface area contributed by atoms with Gasteiger partial charge in [-0.2, -0.15) is 0 Å². The van der Waals surface area contributed by atoms with Crippen molar-refractivity contribution in [2.45, 2.75) is 46.0 Å². The van der Waals surface area contributed by atoms with Gasteiger partial charge in [0.05, 0.1) is 0 Å². The van der Waals surface area contributed by atoms with E-state index in [-0.39, 0.29) is 5.91 Å². The van der Waals surface area contributed by atoms with E-state index in [2.05, 4.69) is 20.4 Å². The zero-order chi connectivity index (χ0) is 14.0. The number of hydrogen-bond acceptors (Lipinski definition) is 2. The summed E-state index contributed by atoms with van der Waals surface area (Å²) in [7, 11) is 1.89. The molecule has 0 fully saturated rings. The Morgan fingerprint density at radius 1 is 1.39 bits per heavy atom. The molecule has 0 saturated carbocycles. The van der Waals surface area contributed by atoms with Crippen LogP contribution in [0, 0.1) is 11.8 Å². The molecule has 0 bridgehead atoms. The Labute approximate surface area is 112 Å². The van der Waals surface area contributed by atoms with E-state index in [4.69, 9.17) is 5.73 Å². The molecular formula is C15H30N2O. The summed E-state index contributed by atoms with van der Waals surface area (Å²) in [6.45, 7) is 9.64. The van der Waals surface area contributed by atoms with Crippen molar-refractivity contribution < 1.29 is 4.79 Å². The van der Waals surface area contributed by atoms with Gasteiger partial charge in [-0.1, -0.05) is 19.9 Å². The number of rotatable bonds is 10. The molecule has 3 heteroatoms. The van der Waals surface area contributed by atoms with Crippen molar-refractivity contribution in [3.63, 3.8) is 0 Å². The highest BCUT2D eigenvalue weighted by molar-refractivity contribution is 5.75. The molecule has 0 aromatic carbocycles. The highest BCUT2D eigenvalue weighted by Crippen LogP contribution is 2.20. The highest BCUT2D eigenvalue weighted by Gasteiger charge is 2.16. The minimum atomic E-state index is 0.252. The Balaban J connectivity index is 3.94. The van der Waals surface area contributed by atoms with Crippen LogP contribution < -0.4 is 5.73 Å². The van der Waals surface area contributed by atoms with Crippen LogP contribution >= 0.6 is 0 Å². The third-order valence-electron chi connectivity index (χ3n) is 3.54. The van der Waals surface area contributed by atoms with E-state index in [1.807, 2.05) is 18.0 Å². The van der Waals surface area contributed by atoms with Crippen molar-refractivity contribution in [2.24, 2.45) is 17.6 Å². The minimum Gasteiger partial charge on any atom is -0.346 e. The summed E-state index contributed by atoms with van der Waals surface area (Å²) < 4.78 is 0. The maximum Gasteiger partial charge on any atom is 0.222 e. The van der Waals surface area contributed by atoms with Gasteiger partial charge in [-0.15, -0.1) is 6.58 Å². The average Bonchev–Trinajstić information content (AvgIpc) is 2.33. The van der Waals surface area contributed by atoms with Crippen molar-refractivity contribution in [3.8, 4) is 0 Å². The van der Waals surface area contributed by atoms with Crippen molar-refractivity contribution in [1.29, 1.82) is 0 Å². The van der Waals surface area contributed by atoms with E-state index in [0.717, 1.165) is 32.2 Å². The van der Waals surface area contributed by atoms with Gasteiger partial charge in [0.1, 0.15) is 0 Å². The Kier molecular flexibility index (Phi) is 9.66. The number of unbranched alkanes of at least 4 members (excludes halogenated alkanes) is 1. The predicted octanol–water partition coefficient (Wildman–Crippen LogP) is 2.81. The van der Waals surface area contributed by atoms with Crippen molar-refractivity contribution in [1.82, 2.24) is 4.90 Å². The zero-order valence-corrected chi connectivity index (χ0v) is 12.3. The Hall–Kier alpha value is -0.830. The molecule has 0 heterocycles. The first kappa shape index (κ1) is 17.2. The maximum absolute atomic E-state index is 11.9. The molecule has 1 amide bonds. The van der Waals surface area contributed by atoms with Crippen LogP contribution in [0.5, 0.6) is 0 Å². The lowest BCUT2D eigenvalue weighted by Crippen LogP contribution is -2.28. The fourth-order valence-electron chi connectivity index (χ4n) is 2.12. The van der Waals surface area contributed by atoms with Crippen LogP contribution in [0.15, 0.2) is 12.7 Å². The number of amides is 1. The molecule has 18 heavy (non-hydrogen) atoms. The van der Waals surface area contributed by atoms with Crippen LogP contribution in [0.3, 0.4) is 0 Å². The largest absolute Gasteiger partial charge is 0.346 e. The summed E-state index contributed by atoms with van der Waals surface area (Å²) in [5.74, 6) is 1.43. The molecule has 3 nitrogen and oxygen atoms in total. The normalized spacial score (nSPS) is 12.5. The molecule has 0 aromatic rings. The van der Waals surface area contributed by atoms with Crippen LogP contribution in [0.25, 0.3) is 0 Å². The molecule has 106 valence electrons. The summed E-state index contributed by atoms with van der Waals surface area (Å²) in [6, 6.07) is 0. The van der Waals surface area contributed by atoms with Crippen LogP contribution in [0.2, 0.25) is 0 Å². The lowest BCUT2D eigenvalue weighted by molar-refractivity contribution is -0.130. The fourth-order valence-corrected chi connectivity index (χ4v) is 2.12. The van der Waals surface area contributed by atoms with E-state index in [0.29, 0.717) is 24.8 Å². The maximum atomic E-state index is 11.9. The SMILES string of the molecule is C=CCCCN(C)C(=O)CCC(CCN)C(C)C. The first-order valence-electron chi connectivity index (χ1n) is 7.07. The minimum absolute atomic E-state index is 0.252. The molecule has 1 atom stereocenters. The van der Waals surface area contributed by atoms with E-state index in [1.165, 1.54) is 0 Å². The Bertz CT molecular complexity index is 239. The van der Waals surface area contributed by atoms with E-state index in [9.17, 15) is 4.79 Å². The molecule has 0 aliphatic carbocycles. The van der Waals surface area contributed by atoms with Gasteiger partial charge in [-0.25, -0.2) is 0 Å². The van der Waals surface area contributed by atoms with Gasteiger partial charge in [-0.05, 0) is 44.1 Å². The Morgan fingerprint density at radius 3 is 2.56 bits per heavy atom. The number of allylic oxidation sites excluding steroid dienone is 1. The van der Waals surface area contributed by atoms with Gasteiger partial charge in [0, 0.05) is 20.0 Å². The number of carbonyl (C=O) groups excluding carboxylic acids is 1. The van der Waals surface area contributed by atoms with Gasteiger partial charge >= 0.3 is 0 Å². The quantitative estimate of drug-likeness (QED) is 0.481. The van der Waals surface area contributed by atoms with Gasteiger partial charge < -0.3 is 10.6 Å². The number of hydrogen-bond donors (Lipinski definition) is 1. The summed E-state index contributed by atoms with van der Waals surface area (Å²) in [5.41, 5.74) is 5.61. The van der Waals surface area contributed by atoms with Crippen LogP contribution in [-0.4, -0.2) is 30.9 Å². The fraction of sp³-hybridized carbons (Fsp3) is 0.800. The van der Waals surface area contributed by atoms with Crippen molar-refractivity contribution >= 4 is 5.91 Å². The molecule has 0 rings (SSSR count). The summed E-state index contributed by atoms with van der Waals surface area (Å²) >= 11 is 0. The molecule has 0 aromatic heterocycles. The average molecular weight is 254 g/mol. The zero-order valence-electron chi connectivity index (χ0n) is 12.3. The molecule has 0 aliphatic heterocycles. The first-order chi connectivity index (χ1) is 8.52. The van der Waals surface area contributed by atoms with Gasteiger partial charge in [0.15, 0.2) is 0 Å². The number of nitrogens with zero attached hydrogens (tertiary/aromatic N) is 1. The number of nitrogens with two attached hydrogens (primary N) is 1. The second-order valence-electron chi connectivity index (χ2n) is 5.37. The summed E-state index contributed by atoms with van der Waals surface area (Å²) in [6.07, 6.45) is 6.49. The monoisotopic (exact) mass is 254 g/mol. The summed E-state index contributed by atoms with van der Waals surface area (Å²) in [4.78, 5) is 13.8. The second kappa shape index (κ2) is 10.1. The van der Waals surface area contributed by atoms with E-state index < -0.39 is 0 Å². The molecule has 1 unspecified atom stereocenters. The van der Waals surface area contributed by atoms with E-state index >= 15 is 0 Å². The standard InChI is InChI=1S/C15H30N2O/c1-5-6-7-12-17(4)15(18)9-8-14(10-11-16)13(2)3/h5,13-14H,1,6-12,16H2,2-4H3. The van der Waals surface area contributed by atoms with Crippen molar-refractivity contribution in [3.05, 3.63) is 12.7 Å². The molecule has 0 spiro atoms. The number of carbonyl (C=O) groups is 1. The third-order valence-corrected chi connectivity index (χ3v) is 3.54. The van der Waals surface area contributed by atoms with Gasteiger partial charge in [0.25, 0.3) is 0 Å². The molecule has 0 saturated heterocycles. The summed E-state index contributed by atoms with van der Waals surface area (Å²) in [5, 5.41) is 0. The van der Waals surface area contributed by atoms with Crippen LogP contribution in [0.1, 0.15) is 46.0 Å². The second-order valence-corrected chi connectivity index (χ2v) is 5.37. The molecule has 0 radical (unpaired) electrons.